The summed E-state index contributed by atoms with van der Waals surface area (Å²) >= 11 is 0. The molecule has 3 heterocycles. The molecule has 5 atom stereocenters. The van der Waals surface area contributed by atoms with Gasteiger partial charge in [0.25, 0.3) is 0 Å². The fourth-order valence-electron chi connectivity index (χ4n) is 4.50. The summed E-state index contributed by atoms with van der Waals surface area (Å²) in [4.78, 5) is 46.7. The largest absolute Gasteiger partial charge is 0.504 e. The molecular weight excluding hydrogens is 580 g/mol. The van der Waals surface area contributed by atoms with Crippen LogP contribution < -0.4 is 10.2 Å². The van der Waals surface area contributed by atoms with Crippen LogP contribution in [0.5, 0.6) is 17.2 Å². The number of benzene rings is 2. The maximum absolute atomic E-state index is 12.4. The first-order chi connectivity index (χ1) is 20.3. The van der Waals surface area contributed by atoms with E-state index in [-0.39, 0.29) is 39.0 Å². The third kappa shape index (κ3) is 5.67. The Kier molecular flexibility index (Phi) is 7.68. The van der Waals surface area contributed by atoms with E-state index in [2.05, 4.69) is 0 Å². The highest BCUT2D eigenvalue weighted by Gasteiger charge is 2.46. The molecule has 0 bridgehead atoms. The number of aliphatic hydroxyl groups excluding tert-OH is 3. The Morgan fingerprint density at radius 3 is 2.21 bits per heavy atom. The molecular formula is C27H22O16. The molecule has 0 radical (unpaired) electrons. The number of aromatic hydroxyl groups is 2. The fraction of sp³-hybridized carbons (Fsp3) is 0.259. The van der Waals surface area contributed by atoms with Gasteiger partial charge in [-0.25, -0.2) is 4.79 Å². The number of aromatic carboxylic acids is 1. The number of carbonyl (C=O) groups excluding carboxylic acids is 1. The van der Waals surface area contributed by atoms with Crippen LogP contribution in [-0.2, 0) is 19.1 Å². The number of ether oxygens (including phenoxy) is 3. The highest BCUT2D eigenvalue weighted by atomic mass is 16.7. The molecule has 0 spiro atoms. The lowest BCUT2D eigenvalue weighted by Gasteiger charge is -2.40. The van der Waals surface area contributed by atoms with Gasteiger partial charge in [-0.05, 0) is 18.2 Å². The first-order valence-electron chi connectivity index (χ1n) is 12.4. The van der Waals surface area contributed by atoms with Crippen LogP contribution in [0, 0.1) is 0 Å². The standard InChI is InChI=1S/C27H22O16/c28-10-4-14-20-11(6-16(40-14)26(37)38)25(24(41-15(20)5-10)9-1-2-12(29)13(30)3-9)43-27-23(36)22(35)21(34)17(42-27)8-39-19(33)7-18(31)32/h1-6,17,21-23,27,29-30,34-36H,7-8H2,(H,31,32)(H,37,38)/t17-,21+,22-,23+,27+/m0/s1. The quantitative estimate of drug-likeness (QED) is 0.0823. The smallest absolute Gasteiger partial charge is 0.371 e. The van der Waals surface area contributed by atoms with Gasteiger partial charge in [-0.1, -0.05) is 0 Å². The number of carboxylic acid groups (broad SMARTS) is 2. The van der Waals surface area contributed by atoms with Crippen LogP contribution in [0.15, 0.2) is 50.0 Å². The number of aliphatic carboxylic acids is 1. The molecule has 1 aliphatic rings. The third-order valence-corrected chi connectivity index (χ3v) is 6.52. The number of phenols is 2. The number of phenolic OH excluding ortho intramolecular Hbond substituents is 2. The van der Waals surface area contributed by atoms with E-state index >= 15 is 0 Å². The number of esters is 1. The van der Waals surface area contributed by atoms with E-state index in [1.807, 2.05) is 0 Å². The Morgan fingerprint density at radius 2 is 1.56 bits per heavy atom. The van der Waals surface area contributed by atoms with Crippen molar-refractivity contribution in [3.05, 3.63) is 52.4 Å². The maximum Gasteiger partial charge on any atom is 0.371 e. The summed E-state index contributed by atoms with van der Waals surface area (Å²) in [5, 5.41) is 70.0. The van der Waals surface area contributed by atoms with Crippen molar-refractivity contribution >= 4 is 39.8 Å². The summed E-state index contributed by atoms with van der Waals surface area (Å²) in [5.74, 6) is -6.53. The zero-order valence-electron chi connectivity index (χ0n) is 21.6. The molecule has 16 heteroatoms. The Bertz CT molecular complexity index is 1800. The fourth-order valence-corrected chi connectivity index (χ4v) is 4.50. The predicted molar refractivity (Wildman–Crippen MR) is 139 cm³/mol. The summed E-state index contributed by atoms with van der Waals surface area (Å²) in [6.07, 6.45) is -10.1. The van der Waals surface area contributed by atoms with Gasteiger partial charge in [0.15, 0.2) is 28.4 Å². The average molecular weight is 602 g/mol. The molecule has 1 aliphatic heterocycles. The lowest BCUT2D eigenvalue weighted by Crippen LogP contribution is -2.60. The molecule has 1 saturated heterocycles. The van der Waals surface area contributed by atoms with Crippen molar-refractivity contribution in [1.82, 2.24) is 0 Å². The molecule has 0 unspecified atom stereocenters. The summed E-state index contributed by atoms with van der Waals surface area (Å²) in [5.41, 5.74) is -0.893. The number of carbonyl (C=O) groups is 3. The van der Waals surface area contributed by atoms with E-state index in [9.17, 15) is 49.8 Å². The lowest BCUT2D eigenvalue weighted by molar-refractivity contribution is -0.278. The van der Waals surface area contributed by atoms with Crippen LogP contribution in [0.2, 0.25) is 0 Å². The number of hydrogen-bond acceptors (Lipinski definition) is 14. The molecule has 43 heavy (non-hydrogen) atoms. The van der Waals surface area contributed by atoms with Crippen LogP contribution in [0.4, 0.5) is 0 Å². The molecule has 16 nitrogen and oxygen atoms in total. The number of aliphatic hydroxyl groups is 3. The number of rotatable bonds is 8. The molecule has 226 valence electrons. The van der Waals surface area contributed by atoms with Crippen LogP contribution in [0.1, 0.15) is 17.0 Å². The highest BCUT2D eigenvalue weighted by molar-refractivity contribution is 6.11. The maximum atomic E-state index is 12.4. The molecule has 0 saturated carbocycles. The highest BCUT2D eigenvalue weighted by Crippen LogP contribution is 2.44. The molecule has 0 aliphatic carbocycles. The topological polar surface area (TPSA) is 264 Å². The van der Waals surface area contributed by atoms with Gasteiger partial charge in [0.2, 0.25) is 12.1 Å². The van der Waals surface area contributed by atoms with Gasteiger partial charge in [0.05, 0.1) is 5.39 Å². The Balaban J connectivity index is 1.65. The van der Waals surface area contributed by atoms with Gasteiger partial charge >= 0.3 is 17.9 Å². The summed E-state index contributed by atoms with van der Waals surface area (Å²) in [7, 11) is 0. The van der Waals surface area contributed by atoms with E-state index < -0.39 is 84.3 Å². The Hall–Kier alpha value is -5.16. The van der Waals surface area contributed by atoms with E-state index in [1.54, 1.807) is 0 Å². The monoisotopic (exact) mass is 602 g/mol. The van der Waals surface area contributed by atoms with Gasteiger partial charge < -0.3 is 58.8 Å². The van der Waals surface area contributed by atoms with Crippen LogP contribution >= 0.6 is 0 Å². The summed E-state index contributed by atoms with van der Waals surface area (Å²) in [6, 6.07) is 6.55. The van der Waals surface area contributed by atoms with E-state index in [0.29, 0.717) is 0 Å². The van der Waals surface area contributed by atoms with Gasteiger partial charge in [-0.2, -0.15) is 0 Å². The van der Waals surface area contributed by atoms with Crippen molar-refractivity contribution in [2.45, 2.75) is 37.1 Å². The second kappa shape index (κ2) is 11.3. The van der Waals surface area contributed by atoms with Crippen LogP contribution in [0.3, 0.4) is 0 Å². The van der Waals surface area contributed by atoms with Crippen molar-refractivity contribution in [3.8, 4) is 28.6 Å². The van der Waals surface area contributed by atoms with Crippen molar-refractivity contribution < 1.29 is 73.2 Å². The minimum Gasteiger partial charge on any atom is -0.504 e. The molecule has 4 aromatic rings. The molecule has 7 N–H and O–H groups in total. The van der Waals surface area contributed by atoms with E-state index in [0.717, 1.165) is 30.3 Å². The van der Waals surface area contributed by atoms with Crippen LogP contribution in [0.25, 0.3) is 33.3 Å². The van der Waals surface area contributed by atoms with Gasteiger partial charge in [-0.15, -0.1) is 0 Å². The zero-order valence-corrected chi connectivity index (χ0v) is 21.6. The van der Waals surface area contributed by atoms with Gasteiger partial charge in [0.1, 0.15) is 48.6 Å². The second-order valence-corrected chi connectivity index (χ2v) is 9.47. The first-order valence-corrected chi connectivity index (χ1v) is 12.4. The molecule has 2 aromatic carbocycles. The Labute approximate surface area is 238 Å². The molecule has 2 aromatic heterocycles. The van der Waals surface area contributed by atoms with Gasteiger partial charge in [0, 0.05) is 29.1 Å². The van der Waals surface area contributed by atoms with Gasteiger partial charge in [-0.3, -0.25) is 14.4 Å². The van der Waals surface area contributed by atoms with E-state index in [1.165, 1.54) is 6.07 Å². The number of hydrogen-bond donors (Lipinski definition) is 7. The van der Waals surface area contributed by atoms with Crippen molar-refractivity contribution in [2.75, 3.05) is 6.61 Å². The summed E-state index contributed by atoms with van der Waals surface area (Å²) < 4.78 is 27.6. The summed E-state index contributed by atoms with van der Waals surface area (Å²) in [6.45, 7) is -0.752. The second-order valence-electron chi connectivity index (χ2n) is 9.47. The third-order valence-electron chi connectivity index (χ3n) is 6.52. The van der Waals surface area contributed by atoms with Crippen molar-refractivity contribution in [3.63, 3.8) is 0 Å². The minimum absolute atomic E-state index is 0.0306. The predicted octanol–water partition coefficient (Wildman–Crippen LogP) is 0.520. The first kappa shape index (κ1) is 29.3. The zero-order chi connectivity index (χ0) is 31.2. The van der Waals surface area contributed by atoms with Crippen molar-refractivity contribution in [1.29, 1.82) is 0 Å². The molecule has 1 fully saturated rings. The van der Waals surface area contributed by atoms with Crippen molar-refractivity contribution in [2.24, 2.45) is 0 Å². The van der Waals surface area contributed by atoms with Crippen LogP contribution in [-0.4, -0.2) is 91.0 Å². The molecule has 0 amide bonds. The number of carboxylic acids is 2. The molecule has 5 rings (SSSR count). The Morgan fingerprint density at radius 1 is 0.860 bits per heavy atom. The normalized spacial score (nSPS) is 22.0. The minimum atomic E-state index is -1.96. The average Bonchev–Trinajstić information content (AvgIpc) is 2.94. The SMILES string of the molecule is O=C(O)CC(=O)OC[C@@H]1O[C@H](Oc2c(-c3ccc(O)c(O)c3)oc3cc(=O)cc4oc(C(=O)O)cc2c43)[C@H](O)[C@@H](O)[C@@H]1O. The lowest BCUT2D eigenvalue weighted by atomic mass is 9.99. The van der Waals surface area contributed by atoms with E-state index in [4.69, 9.17) is 28.2 Å².